The van der Waals surface area contributed by atoms with Crippen molar-refractivity contribution in [1.29, 1.82) is 0 Å². The first-order valence-electron chi connectivity index (χ1n) is 13.7. The first-order chi connectivity index (χ1) is 19.1. The highest BCUT2D eigenvalue weighted by atomic mass is 32.2. The smallest absolute Gasteiger partial charge is 0.213 e. The van der Waals surface area contributed by atoms with Gasteiger partial charge in [-0.2, -0.15) is 0 Å². The second kappa shape index (κ2) is 13.1. The summed E-state index contributed by atoms with van der Waals surface area (Å²) < 4.78 is 37.4. The third-order valence-electron chi connectivity index (χ3n) is 7.28. The van der Waals surface area contributed by atoms with E-state index in [9.17, 15) is 13.5 Å². The Labute approximate surface area is 236 Å². The number of nitrogens with one attached hydrogen (secondary N) is 2. The number of aliphatic hydroxyl groups excluding tert-OH is 1. The SMILES string of the molecule is CCS(=O)(=O)N1CCC(CNc2nc(-c3cccc(OCC(O)CNC)c3)nc(-c3c(C)noc3C)c2C)CC1. The zero-order valence-corrected chi connectivity index (χ0v) is 24.7. The van der Waals surface area contributed by atoms with E-state index in [2.05, 4.69) is 15.8 Å². The molecule has 2 aromatic heterocycles. The molecule has 3 N–H and O–H groups in total. The number of benzene rings is 1. The third kappa shape index (κ3) is 6.98. The Bertz CT molecular complexity index is 1380. The van der Waals surface area contributed by atoms with Crippen LogP contribution in [0.2, 0.25) is 0 Å². The van der Waals surface area contributed by atoms with E-state index in [1.807, 2.05) is 45.0 Å². The highest BCUT2D eigenvalue weighted by Gasteiger charge is 2.27. The molecule has 1 fully saturated rings. The van der Waals surface area contributed by atoms with Crippen LogP contribution in [0.25, 0.3) is 22.6 Å². The lowest BCUT2D eigenvalue weighted by Gasteiger charge is -2.31. The maximum Gasteiger partial charge on any atom is 0.213 e. The van der Waals surface area contributed by atoms with E-state index in [4.69, 9.17) is 19.2 Å². The summed E-state index contributed by atoms with van der Waals surface area (Å²) >= 11 is 0. The number of sulfonamides is 1. The molecule has 11 nitrogen and oxygen atoms in total. The molecule has 1 atom stereocenters. The minimum Gasteiger partial charge on any atom is -0.491 e. The fourth-order valence-corrected chi connectivity index (χ4v) is 6.04. The number of anilines is 1. The van der Waals surface area contributed by atoms with Crippen LogP contribution in [0.4, 0.5) is 5.82 Å². The molecule has 40 heavy (non-hydrogen) atoms. The normalized spacial score (nSPS) is 15.8. The molecule has 1 aromatic carbocycles. The van der Waals surface area contributed by atoms with Crippen LogP contribution in [0.5, 0.6) is 5.75 Å². The Morgan fingerprint density at radius 3 is 2.60 bits per heavy atom. The van der Waals surface area contributed by atoms with Gasteiger partial charge in [-0.3, -0.25) is 0 Å². The third-order valence-corrected chi connectivity index (χ3v) is 9.16. The summed E-state index contributed by atoms with van der Waals surface area (Å²) in [7, 11) is -1.38. The summed E-state index contributed by atoms with van der Waals surface area (Å²) in [5, 5.41) is 20.6. The van der Waals surface area contributed by atoms with Gasteiger partial charge in [-0.05, 0) is 65.6 Å². The van der Waals surface area contributed by atoms with E-state index in [-0.39, 0.29) is 12.4 Å². The van der Waals surface area contributed by atoms with Crippen molar-refractivity contribution in [3.05, 3.63) is 41.3 Å². The van der Waals surface area contributed by atoms with Gasteiger partial charge >= 0.3 is 0 Å². The van der Waals surface area contributed by atoms with Gasteiger partial charge in [0.2, 0.25) is 10.0 Å². The van der Waals surface area contributed by atoms with Gasteiger partial charge in [0, 0.05) is 37.3 Å². The fraction of sp³-hybridized carbons (Fsp3) is 0.536. The fourth-order valence-electron chi connectivity index (χ4n) is 4.91. The largest absolute Gasteiger partial charge is 0.491 e. The molecule has 4 rings (SSSR count). The van der Waals surface area contributed by atoms with Crippen LogP contribution < -0.4 is 15.4 Å². The van der Waals surface area contributed by atoms with Crippen LogP contribution in [-0.2, 0) is 10.0 Å². The van der Waals surface area contributed by atoms with Crippen LogP contribution in [0.3, 0.4) is 0 Å². The molecule has 218 valence electrons. The molecule has 0 amide bonds. The van der Waals surface area contributed by atoms with E-state index in [0.717, 1.165) is 40.9 Å². The maximum absolute atomic E-state index is 12.2. The van der Waals surface area contributed by atoms with Crippen LogP contribution in [-0.4, -0.2) is 84.6 Å². The molecular formula is C28H40N6O5S. The summed E-state index contributed by atoms with van der Waals surface area (Å²) in [5.41, 5.74) is 3.98. The highest BCUT2D eigenvalue weighted by molar-refractivity contribution is 7.89. The van der Waals surface area contributed by atoms with Crippen LogP contribution in [0.1, 0.15) is 36.8 Å². The molecule has 3 heterocycles. The number of aromatic nitrogens is 3. The van der Waals surface area contributed by atoms with Crippen molar-refractivity contribution in [2.45, 2.75) is 46.6 Å². The topological polar surface area (TPSA) is 143 Å². The molecule has 1 aliphatic rings. The van der Waals surface area contributed by atoms with Gasteiger partial charge in [0.1, 0.15) is 30.0 Å². The number of piperidine rings is 1. The Hall–Kier alpha value is -3.06. The van der Waals surface area contributed by atoms with Crippen molar-refractivity contribution in [1.82, 2.24) is 24.7 Å². The van der Waals surface area contributed by atoms with Gasteiger partial charge < -0.3 is 25.0 Å². The number of aliphatic hydroxyl groups is 1. The zero-order valence-electron chi connectivity index (χ0n) is 23.9. The van der Waals surface area contributed by atoms with E-state index >= 15 is 0 Å². The van der Waals surface area contributed by atoms with Gasteiger partial charge in [0.05, 0.1) is 22.7 Å². The summed E-state index contributed by atoms with van der Waals surface area (Å²) in [5.74, 6) is 2.97. The summed E-state index contributed by atoms with van der Waals surface area (Å²) in [6.07, 6.45) is 0.956. The maximum atomic E-state index is 12.2. The Kier molecular flexibility index (Phi) is 9.77. The Balaban J connectivity index is 1.60. The molecule has 12 heteroatoms. The van der Waals surface area contributed by atoms with E-state index in [1.54, 1.807) is 18.3 Å². The summed E-state index contributed by atoms with van der Waals surface area (Å²) in [4.78, 5) is 9.83. The van der Waals surface area contributed by atoms with Crippen molar-refractivity contribution in [3.8, 4) is 28.4 Å². The quantitative estimate of drug-likeness (QED) is 0.296. The van der Waals surface area contributed by atoms with Crippen molar-refractivity contribution in [3.63, 3.8) is 0 Å². The average Bonchev–Trinajstić information content (AvgIpc) is 3.29. The number of aryl methyl sites for hydroxylation is 2. The lowest BCUT2D eigenvalue weighted by molar-refractivity contribution is 0.108. The second-order valence-corrected chi connectivity index (χ2v) is 12.5. The van der Waals surface area contributed by atoms with Crippen molar-refractivity contribution >= 4 is 15.8 Å². The monoisotopic (exact) mass is 572 g/mol. The molecule has 3 aromatic rings. The standard InChI is InChI=1S/C28H40N6O5S/c1-6-40(36,37)34-12-10-21(11-13-34)15-30-27-18(2)26(25-19(3)33-39-20(25)4)31-28(32-27)22-8-7-9-24(14-22)38-17-23(35)16-29-5/h7-9,14,21,23,29,35H,6,10-13,15-17H2,1-5H3,(H,30,31,32). The minimum atomic E-state index is -3.16. The molecule has 1 unspecified atom stereocenters. The molecule has 1 saturated heterocycles. The van der Waals surface area contributed by atoms with Crippen molar-refractivity contribution < 1.29 is 22.8 Å². The van der Waals surface area contributed by atoms with Crippen LogP contribution >= 0.6 is 0 Å². The van der Waals surface area contributed by atoms with Crippen LogP contribution in [0, 0.1) is 26.7 Å². The Morgan fingerprint density at radius 2 is 1.95 bits per heavy atom. The number of nitrogens with zero attached hydrogens (tertiary/aromatic N) is 4. The first-order valence-corrected chi connectivity index (χ1v) is 15.3. The number of likely N-dealkylation sites (N-methyl/N-ethyl adjacent to an activating group) is 1. The van der Waals surface area contributed by atoms with Gasteiger partial charge in [-0.1, -0.05) is 17.3 Å². The lowest BCUT2D eigenvalue weighted by Crippen LogP contribution is -2.40. The second-order valence-electron chi connectivity index (χ2n) is 10.2. The average molecular weight is 573 g/mol. The zero-order chi connectivity index (χ0) is 28.9. The molecule has 1 aliphatic heterocycles. The van der Waals surface area contributed by atoms with E-state index in [0.29, 0.717) is 55.2 Å². The molecule has 0 saturated carbocycles. The number of hydrogen-bond acceptors (Lipinski definition) is 10. The summed E-state index contributed by atoms with van der Waals surface area (Å²) in [6.45, 7) is 9.77. The Morgan fingerprint density at radius 1 is 1.20 bits per heavy atom. The van der Waals surface area contributed by atoms with Gasteiger partial charge in [0.25, 0.3) is 0 Å². The number of ether oxygens (including phenoxy) is 1. The molecule has 0 radical (unpaired) electrons. The van der Waals surface area contributed by atoms with Gasteiger partial charge in [-0.25, -0.2) is 22.7 Å². The molecule has 0 bridgehead atoms. The molecule has 0 aliphatic carbocycles. The lowest BCUT2D eigenvalue weighted by atomic mass is 9.98. The van der Waals surface area contributed by atoms with E-state index < -0.39 is 16.1 Å². The predicted octanol–water partition coefficient (Wildman–Crippen LogP) is 3.16. The highest BCUT2D eigenvalue weighted by Crippen LogP contribution is 2.34. The van der Waals surface area contributed by atoms with Crippen LogP contribution in [0.15, 0.2) is 28.8 Å². The minimum absolute atomic E-state index is 0.131. The summed E-state index contributed by atoms with van der Waals surface area (Å²) in [6, 6.07) is 7.50. The molecule has 0 spiro atoms. The molecular weight excluding hydrogens is 532 g/mol. The van der Waals surface area contributed by atoms with Gasteiger partial charge in [0.15, 0.2) is 5.82 Å². The predicted molar refractivity (Wildman–Crippen MR) is 155 cm³/mol. The first kappa shape index (κ1) is 29.9. The van der Waals surface area contributed by atoms with Crippen molar-refractivity contribution in [2.75, 3.05) is 50.9 Å². The number of hydrogen-bond donors (Lipinski definition) is 3. The van der Waals surface area contributed by atoms with Gasteiger partial charge in [-0.15, -0.1) is 0 Å². The van der Waals surface area contributed by atoms with Crippen molar-refractivity contribution in [2.24, 2.45) is 5.92 Å². The van der Waals surface area contributed by atoms with E-state index in [1.165, 1.54) is 0 Å². The number of rotatable bonds is 12.